The molecule has 0 saturated heterocycles. The van der Waals surface area contributed by atoms with Crippen LogP contribution < -0.4 is 5.14 Å². The summed E-state index contributed by atoms with van der Waals surface area (Å²) in [7, 11) is -2.45. The lowest BCUT2D eigenvalue weighted by atomic mass is 10.3. The van der Waals surface area contributed by atoms with Crippen LogP contribution in [0.3, 0.4) is 0 Å². The highest BCUT2D eigenvalue weighted by molar-refractivity contribution is 7.89. The second-order valence-corrected chi connectivity index (χ2v) is 7.61. The zero-order chi connectivity index (χ0) is 17.5. The predicted octanol–water partition coefficient (Wildman–Crippen LogP) is 1.68. The summed E-state index contributed by atoms with van der Waals surface area (Å²) in [5, 5.41) is 6.60. The van der Waals surface area contributed by atoms with E-state index in [1.54, 1.807) is 0 Å². The van der Waals surface area contributed by atoms with Crippen molar-refractivity contribution in [1.29, 1.82) is 0 Å². The summed E-state index contributed by atoms with van der Waals surface area (Å²) in [6.07, 6.45) is 0. The lowest BCUT2D eigenvalue weighted by molar-refractivity contribution is 0.0783. The third kappa shape index (κ3) is 3.16. The number of carbonyl (C=O) groups excluding carboxylic acids is 1. The average molecular weight is 368 g/mol. The fraction of sp³-hybridized carbons (Fsp3) is 0.143. The van der Waals surface area contributed by atoms with E-state index in [1.807, 2.05) is 0 Å². The zero-order valence-electron chi connectivity index (χ0n) is 12.5. The van der Waals surface area contributed by atoms with Crippen LogP contribution >= 0.6 is 11.3 Å². The molecule has 0 spiro atoms. The number of nitrogens with two attached hydrogens (primary N) is 1. The Morgan fingerprint density at radius 2 is 2.17 bits per heavy atom. The quantitative estimate of drug-likeness (QED) is 0.730. The van der Waals surface area contributed by atoms with Crippen LogP contribution in [0.2, 0.25) is 0 Å². The largest absolute Gasteiger partial charge is 0.340 e. The number of aromatic amines is 1. The van der Waals surface area contributed by atoms with E-state index < -0.39 is 21.7 Å². The minimum absolute atomic E-state index is 0.0437. The van der Waals surface area contributed by atoms with Gasteiger partial charge >= 0.3 is 0 Å². The van der Waals surface area contributed by atoms with Gasteiger partial charge in [0.2, 0.25) is 10.0 Å². The second kappa shape index (κ2) is 5.96. The number of hydrogen-bond donors (Lipinski definition) is 2. The zero-order valence-corrected chi connectivity index (χ0v) is 14.1. The monoisotopic (exact) mass is 368 g/mol. The normalized spacial score (nSPS) is 11.8. The molecule has 0 atom stereocenters. The Labute approximate surface area is 141 Å². The first kappa shape index (κ1) is 16.6. The number of aromatic nitrogens is 2. The van der Waals surface area contributed by atoms with Gasteiger partial charge in [-0.3, -0.25) is 4.79 Å². The summed E-state index contributed by atoms with van der Waals surface area (Å²) < 4.78 is 36.2. The van der Waals surface area contributed by atoms with Gasteiger partial charge in [-0.15, -0.1) is 11.3 Å². The lowest BCUT2D eigenvalue weighted by Crippen LogP contribution is -2.28. The predicted molar refractivity (Wildman–Crippen MR) is 87.5 cm³/mol. The highest BCUT2D eigenvalue weighted by atomic mass is 32.2. The van der Waals surface area contributed by atoms with Gasteiger partial charge in [-0.05, 0) is 29.6 Å². The molecule has 126 valence electrons. The molecule has 2 heterocycles. The first-order chi connectivity index (χ1) is 11.3. The van der Waals surface area contributed by atoms with Gasteiger partial charge in [0.1, 0.15) is 21.4 Å². The Bertz CT molecular complexity index is 1030. The van der Waals surface area contributed by atoms with Gasteiger partial charge in [0.25, 0.3) is 5.91 Å². The molecule has 1 aromatic carbocycles. The molecule has 7 nitrogen and oxygen atoms in total. The number of nitrogens with zero attached hydrogens (tertiary/aromatic N) is 2. The fourth-order valence-corrected chi connectivity index (χ4v) is 4.22. The molecule has 3 aromatic rings. The fourth-order valence-electron chi connectivity index (χ4n) is 2.26. The number of thiophene rings is 1. The first-order valence-electron chi connectivity index (χ1n) is 6.75. The highest BCUT2D eigenvalue weighted by Crippen LogP contribution is 2.23. The van der Waals surface area contributed by atoms with E-state index in [0.29, 0.717) is 16.9 Å². The van der Waals surface area contributed by atoms with Crippen molar-refractivity contribution in [3.8, 4) is 0 Å². The van der Waals surface area contributed by atoms with Crippen molar-refractivity contribution in [2.45, 2.75) is 11.4 Å². The molecule has 0 bridgehead atoms. The van der Waals surface area contributed by atoms with Crippen molar-refractivity contribution in [2.75, 3.05) is 7.05 Å². The van der Waals surface area contributed by atoms with E-state index in [0.717, 1.165) is 11.3 Å². The van der Waals surface area contributed by atoms with Crippen LogP contribution in [0.1, 0.15) is 15.5 Å². The van der Waals surface area contributed by atoms with Gasteiger partial charge in [0.05, 0.1) is 17.6 Å². The van der Waals surface area contributed by atoms with Crippen molar-refractivity contribution < 1.29 is 17.6 Å². The van der Waals surface area contributed by atoms with Crippen molar-refractivity contribution in [3.63, 3.8) is 0 Å². The molecule has 0 aliphatic heterocycles. The molecular formula is C14H13FN4O3S2. The van der Waals surface area contributed by atoms with Crippen LogP contribution in [-0.4, -0.2) is 36.2 Å². The summed E-state index contributed by atoms with van der Waals surface area (Å²) in [6, 6.07) is 5.44. The minimum atomic E-state index is -3.97. The number of halogens is 1. The van der Waals surface area contributed by atoms with Crippen molar-refractivity contribution in [2.24, 2.45) is 5.14 Å². The van der Waals surface area contributed by atoms with Gasteiger partial charge in [0, 0.05) is 7.05 Å². The maximum Gasteiger partial charge on any atom is 0.265 e. The average Bonchev–Trinajstić information content (AvgIpc) is 3.11. The van der Waals surface area contributed by atoms with Gasteiger partial charge in [-0.1, -0.05) is 0 Å². The smallest absolute Gasteiger partial charge is 0.265 e. The Morgan fingerprint density at radius 3 is 2.88 bits per heavy atom. The summed E-state index contributed by atoms with van der Waals surface area (Å²) >= 11 is 1.000. The topological polar surface area (TPSA) is 109 Å². The number of hydrogen-bond acceptors (Lipinski definition) is 5. The molecule has 0 saturated carbocycles. The Hall–Kier alpha value is -2.30. The molecule has 24 heavy (non-hydrogen) atoms. The maximum absolute atomic E-state index is 13.2. The van der Waals surface area contributed by atoms with Crippen LogP contribution in [0, 0.1) is 5.82 Å². The third-order valence-electron chi connectivity index (χ3n) is 3.36. The molecule has 0 aliphatic carbocycles. The Morgan fingerprint density at radius 1 is 1.42 bits per heavy atom. The number of benzene rings is 1. The summed E-state index contributed by atoms with van der Waals surface area (Å²) in [5.41, 5.74) is 1.10. The van der Waals surface area contributed by atoms with Gasteiger partial charge < -0.3 is 9.88 Å². The van der Waals surface area contributed by atoms with E-state index in [9.17, 15) is 17.6 Å². The Balaban J connectivity index is 1.85. The van der Waals surface area contributed by atoms with E-state index in [-0.39, 0.29) is 16.3 Å². The van der Waals surface area contributed by atoms with Crippen molar-refractivity contribution in [3.05, 3.63) is 46.2 Å². The van der Waals surface area contributed by atoms with Crippen LogP contribution in [0.5, 0.6) is 0 Å². The summed E-state index contributed by atoms with van der Waals surface area (Å²) in [6.45, 7) is 0.108. The van der Waals surface area contributed by atoms with Crippen molar-refractivity contribution >= 4 is 38.3 Å². The summed E-state index contributed by atoms with van der Waals surface area (Å²) in [4.78, 5) is 20.8. The number of rotatable bonds is 4. The van der Waals surface area contributed by atoms with E-state index in [2.05, 4.69) is 9.97 Å². The summed E-state index contributed by atoms with van der Waals surface area (Å²) in [5.74, 6) is -0.417. The number of primary sulfonamides is 1. The molecule has 0 fully saturated rings. The number of nitrogens with one attached hydrogen (secondary N) is 1. The molecule has 3 N–H and O–H groups in total. The molecule has 2 aromatic heterocycles. The number of fused-ring (bicyclic) bond motifs is 1. The molecule has 0 radical (unpaired) electrons. The third-order valence-corrected chi connectivity index (χ3v) is 5.34. The second-order valence-electron chi connectivity index (χ2n) is 5.17. The van der Waals surface area contributed by atoms with Gasteiger partial charge in [-0.25, -0.2) is 22.9 Å². The molecule has 10 heteroatoms. The molecule has 1 amide bonds. The van der Waals surface area contributed by atoms with Crippen LogP contribution in [-0.2, 0) is 16.6 Å². The Kier molecular flexibility index (Phi) is 4.11. The number of imidazole rings is 1. The SMILES string of the molecule is CN(Cc1nc2ccc(F)cc2[nH]1)C(=O)c1sccc1S(N)(=O)=O. The van der Waals surface area contributed by atoms with Gasteiger partial charge in [-0.2, -0.15) is 0 Å². The van der Waals surface area contributed by atoms with Crippen LogP contribution in [0.4, 0.5) is 4.39 Å². The molecule has 0 unspecified atom stereocenters. The van der Waals surface area contributed by atoms with Crippen LogP contribution in [0.25, 0.3) is 11.0 Å². The van der Waals surface area contributed by atoms with Crippen molar-refractivity contribution in [1.82, 2.24) is 14.9 Å². The molecule has 0 aliphatic rings. The van der Waals surface area contributed by atoms with Crippen LogP contribution in [0.15, 0.2) is 34.5 Å². The number of amides is 1. The standard InChI is InChI=1S/C14H13FN4O3S2/c1-19(14(20)13-11(4-5-23-13)24(16,21)22)7-12-17-9-3-2-8(15)6-10(9)18-12/h2-6H,7H2,1H3,(H,17,18)(H2,16,21,22). The first-order valence-corrected chi connectivity index (χ1v) is 9.18. The van der Waals surface area contributed by atoms with E-state index in [1.165, 1.54) is 41.6 Å². The molecule has 3 rings (SSSR count). The maximum atomic E-state index is 13.2. The van der Waals surface area contributed by atoms with E-state index >= 15 is 0 Å². The molecular weight excluding hydrogens is 355 g/mol. The number of carbonyl (C=O) groups is 1. The van der Waals surface area contributed by atoms with Gasteiger partial charge in [0.15, 0.2) is 0 Å². The number of sulfonamides is 1. The number of H-pyrrole nitrogens is 1. The minimum Gasteiger partial charge on any atom is -0.340 e. The lowest BCUT2D eigenvalue weighted by Gasteiger charge is -2.15. The highest BCUT2D eigenvalue weighted by Gasteiger charge is 2.24. The van der Waals surface area contributed by atoms with E-state index in [4.69, 9.17) is 5.14 Å².